The second kappa shape index (κ2) is 43.0. The lowest BCUT2D eigenvalue weighted by molar-refractivity contribution is -0.123. The van der Waals surface area contributed by atoms with E-state index in [2.05, 4.69) is 43.5 Å². The molecule has 0 bridgehead atoms. The van der Waals surface area contributed by atoms with Gasteiger partial charge in [0.15, 0.2) is 0 Å². The molecule has 2 unspecified atom stereocenters. The van der Waals surface area contributed by atoms with Gasteiger partial charge in [0.1, 0.15) is 0 Å². The van der Waals surface area contributed by atoms with Gasteiger partial charge in [-0.15, -0.1) is 0 Å². The fourth-order valence-electron chi connectivity index (χ4n) is 6.84. The summed E-state index contributed by atoms with van der Waals surface area (Å²) in [5.74, 6) is -0.0776. The van der Waals surface area contributed by atoms with Crippen LogP contribution < -0.4 is 5.32 Å². The molecule has 0 aromatic heterocycles. The second-order valence-electron chi connectivity index (χ2n) is 15.5. The van der Waals surface area contributed by atoms with Gasteiger partial charge in [-0.2, -0.15) is 0 Å². The molecule has 0 rings (SSSR count). The van der Waals surface area contributed by atoms with Crippen LogP contribution in [0.5, 0.6) is 0 Å². The monoisotopic (exact) mass is 716 g/mol. The summed E-state index contributed by atoms with van der Waals surface area (Å²) in [5.41, 5.74) is 0. The molecule has 0 aromatic rings. The molecule has 0 fully saturated rings. The zero-order valence-electron chi connectivity index (χ0n) is 34.4. The minimum atomic E-state index is -0.844. The van der Waals surface area contributed by atoms with Crippen molar-refractivity contribution in [3.8, 4) is 0 Å². The quantitative estimate of drug-likeness (QED) is 0.0436. The number of nitrogens with one attached hydrogen (secondary N) is 1. The first kappa shape index (κ1) is 49.6. The van der Waals surface area contributed by atoms with Crippen LogP contribution in [0.15, 0.2) is 36.5 Å². The Balaban J connectivity index is 3.53. The Labute approximate surface area is 319 Å². The lowest BCUT2D eigenvalue weighted by Gasteiger charge is -2.20. The van der Waals surface area contributed by atoms with E-state index in [1.54, 1.807) is 6.08 Å². The fraction of sp³-hybridized carbons (Fsp3) is 0.851. The lowest BCUT2D eigenvalue weighted by Crippen LogP contribution is -2.45. The van der Waals surface area contributed by atoms with Gasteiger partial charge in [0.2, 0.25) is 5.91 Å². The molecule has 4 heteroatoms. The number of amides is 1. The van der Waals surface area contributed by atoms with Crippen molar-refractivity contribution in [2.45, 2.75) is 251 Å². The summed E-state index contributed by atoms with van der Waals surface area (Å²) in [5, 5.41) is 23.0. The molecular weight excluding hydrogens is 627 g/mol. The highest BCUT2D eigenvalue weighted by atomic mass is 16.3. The predicted molar refractivity (Wildman–Crippen MR) is 225 cm³/mol. The summed E-state index contributed by atoms with van der Waals surface area (Å²) in [6.45, 7) is 4.27. The summed E-state index contributed by atoms with van der Waals surface area (Å²) in [4.78, 5) is 12.4. The molecule has 0 heterocycles. The van der Waals surface area contributed by atoms with Crippen molar-refractivity contribution in [3.63, 3.8) is 0 Å². The first-order valence-electron chi connectivity index (χ1n) is 22.7. The van der Waals surface area contributed by atoms with Gasteiger partial charge in [-0.3, -0.25) is 4.79 Å². The van der Waals surface area contributed by atoms with Crippen molar-refractivity contribution in [1.29, 1.82) is 0 Å². The average Bonchev–Trinajstić information content (AvgIpc) is 3.13. The van der Waals surface area contributed by atoms with Crippen LogP contribution in [0.1, 0.15) is 239 Å². The highest BCUT2D eigenvalue weighted by Crippen LogP contribution is 2.16. The molecule has 3 N–H and O–H groups in total. The zero-order valence-corrected chi connectivity index (χ0v) is 34.4. The van der Waals surface area contributed by atoms with Crippen molar-refractivity contribution < 1.29 is 15.0 Å². The van der Waals surface area contributed by atoms with Gasteiger partial charge in [0, 0.05) is 6.42 Å². The van der Waals surface area contributed by atoms with Gasteiger partial charge in [0.25, 0.3) is 0 Å². The number of allylic oxidation sites excluding steroid dienone is 5. The van der Waals surface area contributed by atoms with Crippen LogP contribution in [0.25, 0.3) is 0 Å². The van der Waals surface area contributed by atoms with E-state index in [1.165, 1.54) is 173 Å². The van der Waals surface area contributed by atoms with E-state index in [-0.39, 0.29) is 12.5 Å². The second-order valence-corrected chi connectivity index (χ2v) is 15.5. The van der Waals surface area contributed by atoms with Gasteiger partial charge >= 0.3 is 0 Å². The number of carbonyl (C=O) groups excluding carboxylic acids is 1. The van der Waals surface area contributed by atoms with Crippen LogP contribution >= 0.6 is 0 Å². The summed E-state index contributed by atoms with van der Waals surface area (Å²) < 4.78 is 0. The third-order valence-electron chi connectivity index (χ3n) is 10.4. The number of aliphatic hydroxyl groups is 2. The van der Waals surface area contributed by atoms with Crippen molar-refractivity contribution in [2.75, 3.05) is 6.61 Å². The minimum Gasteiger partial charge on any atom is -0.394 e. The lowest BCUT2D eigenvalue weighted by atomic mass is 10.0. The van der Waals surface area contributed by atoms with Crippen molar-refractivity contribution in [1.82, 2.24) is 5.32 Å². The molecule has 0 saturated heterocycles. The average molecular weight is 716 g/mol. The number of hydrogen-bond donors (Lipinski definition) is 3. The van der Waals surface area contributed by atoms with Gasteiger partial charge in [-0.1, -0.05) is 224 Å². The van der Waals surface area contributed by atoms with Crippen LogP contribution in [-0.2, 0) is 4.79 Å². The van der Waals surface area contributed by atoms with E-state index in [9.17, 15) is 15.0 Å². The van der Waals surface area contributed by atoms with Crippen molar-refractivity contribution >= 4 is 5.91 Å². The van der Waals surface area contributed by atoms with Crippen LogP contribution in [0.2, 0.25) is 0 Å². The van der Waals surface area contributed by atoms with E-state index in [0.29, 0.717) is 6.42 Å². The Morgan fingerprint density at radius 1 is 0.471 bits per heavy atom. The molecule has 1 amide bonds. The van der Waals surface area contributed by atoms with Crippen LogP contribution in [0.3, 0.4) is 0 Å². The van der Waals surface area contributed by atoms with Crippen LogP contribution in [-0.4, -0.2) is 34.9 Å². The summed E-state index contributed by atoms with van der Waals surface area (Å²) >= 11 is 0. The third-order valence-corrected chi connectivity index (χ3v) is 10.4. The number of unbranched alkanes of at least 4 members (excludes halogenated alkanes) is 30. The number of carbonyl (C=O) groups is 1. The molecule has 0 aromatic carbocycles. The molecular formula is C47H89NO3. The molecule has 300 valence electrons. The SMILES string of the molecule is CCCC/C=C\C/C=C\CCCCCCCC(=O)NC(CO)C(O)/C=C/CCCCCCCCCCCCCCCCCCCCCCCCC. The van der Waals surface area contributed by atoms with E-state index in [0.717, 1.165) is 44.9 Å². The smallest absolute Gasteiger partial charge is 0.220 e. The maximum absolute atomic E-state index is 12.4. The summed E-state index contributed by atoms with van der Waals surface area (Å²) in [7, 11) is 0. The first-order chi connectivity index (χ1) is 25.2. The standard InChI is InChI=1S/C47H89NO3/c1-3-5-7-9-11-13-15-17-19-20-21-22-23-24-25-26-27-28-29-30-32-34-36-38-40-42-46(50)45(44-49)48-47(51)43-41-39-37-35-33-31-18-16-14-12-10-8-6-4-2/h10,12,16,18,40,42,45-46,49-50H,3-9,11,13-15,17,19-39,41,43-44H2,1-2H3,(H,48,51)/b12-10-,18-16-,42-40+. The molecule has 0 aliphatic carbocycles. The highest BCUT2D eigenvalue weighted by molar-refractivity contribution is 5.76. The molecule has 4 nitrogen and oxygen atoms in total. The summed E-state index contributed by atoms with van der Waals surface area (Å²) in [6, 6.07) is -0.628. The third kappa shape index (κ3) is 39.6. The van der Waals surface area contributed by atoms with Gasteiger partial charge in [-0.25, -0.2) is 0 Å². The Morgan fingerprint density at radius 3 is 1.24 bits per heavy atom. The molecule has 0 radical (unpaired) electrons. The van der Waals surface area contributed by atoms with Crippen molar-refractivity contribution in [3.05, 3.63) is 36.5 Å². The Kier molecular flexibility index (Phi) is 41.8. The normalized spacial score (nSPS) is 13.3. The molecule has 0 aliphatic heterocycles. The molecule has 0 spiro atoms. The predicted octanol–water partition coefficient (Wildman–Crippen LogP) is 14.2. The Bertz CT molecular complexity index is 775. The van der Waals surface area contributed by atoms with E-state index < -0.39 is 12.1 Å². The first-order valence-corrected chi connectivity index (χ1v) is 22.7. The molecule has 51 heavy (non-hydrogen) atoms. The Morgan fingerprint density at radius 2 is 0.824 bits per heavy atom. The maximum Gasteiger partial charge on any atom is 0.220 e. The molecule has 0 aliphatic rings. The zero-order chi connectivity index (χ0) is 37.1. The van der Waals surface area contributed by atoms with E-state index in [1.807, 2.05) is 6.08 Å². The largest absolute Gasteiger partial charge is 0.394 e. The molecule has 2 atom stereocenters. The summed E-state index contributed by atoms with van der Waals surface area (Å²) in [6.07, 6.45) is 56.9. The van der Waals surface area contributed by atoms with Crippen LogP contribution in [0, 0.1) is 0 Å². The number of rotatable bonds is 41. The minimum absolute atomic E-state index is 0.0776. The number of hydrogen-bond acceptors (Lipinski definition) is 3. The van der Waals surface area contributed by atoms with Crippen molar-refractivity contribution in [2.24, 2.45) is 0 Å². The van der Waals surface area contributed by atoms with E-state index >= 15 is 0 Å². The fourth-order valence-corrected chi connectivity index (χ4v) is 6.84. The van der Waals surface area contributed by atoms with Gasteiger partial charge in [0.05, 0.1) is 18.8 Å². The van der Waals surface area contributed by atoms with Gasteiger partial charge < -0.3 is 15.5 Å². The van der Waals surface area contributed by atoms with Crippen LogP contribution in [0.4, 0.5) is 0 Å². The topological polar surface area (TPSA) is 69.6 Å². The Hall–Kier alpha value is -1.39. The highest BCUT2D eigenvalue weighted by Gasteiger charge is 2.17. The van der Waals surface area contributed by atoms with E-state index in [4.69, 9.17) is 0 Å². The number of aliphatic hydroxyl groups excluding tert-OH is 2. The van der Waals surface area contributed by atoms with Gasteiger partial charge in [-0.05, 0) is 44.9 Å². The molecule has 0 saturated carbocycles. The maximum atomic E-state index is 12.4.